The van der Waals surface area contributed by atoms with Crippen molar-refractivity contribution in [2.75, 3.05) is 13.2 Å². The van der Waals surface area contributed by atoms with Crippen LogP contribution in [0.5, 0.6) is 0 Å². The number of esters is 1. The van der Waals surface area contributed by atoms with E-state index < -0.39 is 18.8 Å². The summed E-state index contributed by atoms with van der Waals surface area (Å²) in [6.45, 7) is 16.6. The monoisotopic (exact) mass is 417 g/mol. The van der Waals surface area contributed by atoms with E-state index in [1.54, 1.807) is 0 Å². The molecule has 0 bridgehead atoms. The largest absolute Gasteiger partial charge is 0.465 e. The first-order valence-electron chi connectivity index (χ1n) is 10.6. The van der Waals surface area contributed by atoms with E-state index in [0.29, 0.717) is 23.2 Å². The molecule has 156 valence electrons. The highest BCUT2D eigenvalue weighted by Gasteiger charge is 2.78. The van der Waals surface area contributed by atoms with Gasteiger partial charge in [-0.15, -0.1) is 11.6 Å². The van der Waals surface area contributed by atoms with Gasteiger partial charge in [-0.25, -0.2) is 4.79 Å². The molecule has 1 aliphatic carbocycles. The van der Waals surface area contributed by atoms with Crippen molar-refractivity contribution >= 4 is 25.9 Å². The highest BCUT2D eigenvalue weighted by molar-refractivity contribution is 6.77. The van der Waals surface area contributed by atoms with E-state index in [2.05, 4.69) is 41.5 Å². The highest BCUT2D eigenvalue weighted by Crippen LogP contribution is 2.62. The lowest BCUT2D eigenvalue weighted by Gasteiger charge is -2.45. The van der Waals surface area contributed by atoms with Gasteiger partial charge in [0.25, 0.3) is 0 Å². The molecule has 1 spiro atoms. The van der Waals surface area contributed by atoms with Gasteiger partial charge in [-0.05, 0) is 42.8 Å². The third-order valence-electron chi connectivity index (χ3n) is 7.00. The number of fused-ring (bicyclic) bond motifs is 1. The molecule has 0 N–H and O–H groups in total. The van der Waals surface area contributed by atoms with Gasteiger partial charge in [0.05, 0.1) is 18.8 Å². The van der Waals surface area contributed by atoms with Gasteiger partial charge in [0.1, 0.15) is 5.60 Å². The zero-order valence-corrected chi connectivity index (χ0v) is 19.6. The van der Waals surface area contributed by atoms with Crippen LogP contribution in [0.25, 0.3) is 0 Å². The van der Waals surface area contributed by atoms with Crippen LogP contribution in [0.3, 0.4) is 0 Å². The number of ether oxygens (including phenoxy) is 1. The van der Waals surface area contributed by atoms with E-state index in [4.69, 9.17) is 25.6 Å². The Morgan fingerprint density at radius 1 is 1.19 bits per heavy atom. The molecule has 0 aromatic heterocycles. The minimum Gasteiger partial charge on any atom is -0.465 e. The standard InChI is InChI=1S/C20H36ClNO4Si/c1-8-24-18(23)20(21)17-16(9-12-22(17)26-19(20)10-11-19)25-27(13(2)3,14(4)5)15(6)7/h13-17H,8-12H2,1-7H3/t16-,17-,20+/m0/s1. The summed E-state index contributed by atoms with van der Waals surface area (Å²) in [6, 6.07) is -0.274. The molecular formula is C20H36ClNO4Si. The van der Waals surface area contributed by atoms with Gasteiger partial charge in [-0.3, -0.25) is 4.84 Å². The Balaban J connectivity index is 1.95. The summed E-state index contributed by atoms with van der Waals surface area (Å²) in [5, 5.41) is 1.93. The third kappa shape index (κ3) is 3.02. The fraction of sp³-hybridized carbons (Fsp3) is 0.950. The summed E-state index contributed by atoms with van der Waals surface area (Å²) < 4.78 is 12.5. The smallest absolute Gasteiger partial charge is 0.332 e. The fourth-order valence-corrected chi connectivity index (χ4v) is 11.9. The molecule has 2 aliphatic heterocycles. The van der Waals surface area contributed by atoms with Gasteiger partial charge < -0.3 is 9.16 Å². The molecule has 27 heavy (non-hydrogen) atoms. The minimum absolute atomic E-state index is 0.0919. The van der Waals surface area contributed by atoms with Gasteiger partial charge in [0, 0.05) is 6.54 Å². The van der Waals surface area contributed by atoms with E-state index in [1.165, 1.54) is 0 Å². The average molecular weight is 418 g/mol. The van der Waals surface area contributed by atoms with Crippen molar-refractivity contribution < 1.29 is 18.8 Å². The number of hydroxylamine groups is 2. The number of rotatable bonds is 7. The molecule has 0 aromatic carbocycles. The molecule has 0 aromatic rings. The van der Waals surface area contributed by atoms with Crippen molar-refractivity contribution in [3.63, 3.8) is 0 Å². The number of alkyl halides is 1. The normalized spacial score (nSPS) is 32.7. The first-order valence-corrected chi connectivity index (χ1v) is 13.1. The van der Waals surface area contributed by atoms with Crippen LogP contribution >= 0.6 is 11.6 Å². The van der Waals surface area contributed by atoms with Gasteiger partial charge in [-0.2, -0.15) is 5.06 Å². The van der Waals surface area contributed by atoms with E-state index in [0.717, 1.165) is 25.8 Å². The molecule has 2 heterocycles. The molecule has 5 nitrogen and oxygen atoms in total. The molecular weight excluding hydrogens is 382 g/mol. The van der Waals surface area contributed by atoms with E-state index in [1.807, 2.05) is 12.0 Å². The molecule has 3 aliphatic rings. The van der Waals surface area contributed by atoms with E-state index >= 15 is 0 Å². The Bertz CT molecular complexity index is 559. The number of carbonyl (C=O) groups is 1. The lowest BCUT2D eigenvalue weighted by atomic mass is 9.89. The van der Waals surface area contributed by atoms with Gasteiger partial charge in [0.2, 0.25) is 8.32 Å². The number of hydrogen-bond acceptors (Lipinski definition) is 5. The third-order valence-corrected chi connectivity index (χ3v) is 13.8. The maximum absolute atomic E-state index is 13.0. The van der Waals surface area contributed by atoms with Crippen LogP contribution in [0.1, 0.15) is 67.7 Å². The average Bonchev–Trinajstić information content (AvgIpc) is 3.18. The number of hydrogen-bond donors (Lipinski definition) is 0. The van der Waals surface area contributed by atoms with Crippen LogP contribution in [-0.2, 0) is 18.8 Å². The van der Waals surface area contributed by atoms with Gasteiger partial charge in [0.15, 0.2) is 4.87 Å². The predicted octanol–water partition coefficient (Wildman–Crippen LogP) is 4.64. The fourth-order valence-electron chi connectivity index (χ4n) is 5.76. The number of carbonyl (C=O) groups excluding carboxylic acids is 1. The molecule has 3 rings (SSSR count). The first-order chi connectivity index (χ1) is 12.6. The molecule has 0 amide bonds. The Morgan fingerprint density at radius 3 is 2.19 bits per heavy atom. The summed E-state index contributed by atoms with van der Waals surface area (Å²) in [7, 11) is -2.09. The lowest BCUT2D eigenvalue weighted by molar-refractivity contribution is -0.164. The summed E-state index contributed by atoms with van der Waals surface area (Å²) >= 11 is 7.11. The van der Waals surface area contributed by atoms with Crippen LogP contribution in [0.2, 0.25) is 16.6 Å². The lowest BCUT2D eigenvalue weighted by Crippen LogP contribution is -2.59. The van der Waals surface area contributed by atoms with Crippen molar-refractivity contribution in [3.05, 3.63) is 0 Å². The van der Waals surface area contributed by atoms with Gasteiger partial charge in [-0.1, -0.05) is 41.5 Å². The zero-order valence-electron chi connectivity index (χ0n) is 17.9. The number of nitrogens with zero attached hydrogens (tertiary/aromatic N) is 1. The van der Waals surface area contributed by atoms with E-state index in [9.17, 15) is 4.79 Å². The Morgan fingerprint density at radius 2 is 1.74 bits per heavy atom. The molecule has 3 fully saturated rings. The van der Waals surface area contributed by atoms with Crippen molar-refractivity contribution in [2.24, 2.45) is 0 Å². The molecule has 3 atom stereocenters. The second-order valence-corrected chi connectivity index (χ2v) is 15.4. The second-order valence-electron chi connectivity index (χ2n) is 9.37. The summed E-state index contributed by atoms with van der Waals surface area (Å²) in [6.07, 6.45) is 2.35. The van der Waals surface area contributed by atoms with Crippen LogP contribution in [0.4, 0.5) is 0 Å². The predicted molar refractivity (Wildman–Crippen MR) is 109 cm³/mol. The van der Waals surface area contributed by atoms with Crippen LogP contribution in [0, 0.1) is 0 Å². The highest BCUT2D eigenvalue weighted by atomic mass is 35.5. The maximum Gasteiger partial charge on any atom is 0.332 e. The molecule has 2 saturated heterocycles. The topological polar surface area (TPSA) is 48.0 Å². The maximum atomic E-state index is 13.0. The molecule has 0 unspecified atom stereocenters. The second kappa shape index (κ2) is 7.28. The summed E-state index contributed by atoms with van der Waals surface area (Å²) in [5.41, 5.74) is 0.841. The Hall–Kier alpha value is -0.143. The van der Waals surface area contributed by atoms with Crippen molar-refractivity contribution in [1.82, 2.24) is 5.06 Å². The summed E-state index contributed by atoms with van der Waals surface area (Å²) in [5.74, 6) is -0.349. The summed E-state index contributed by atoms with van der Waals surface area (Å²) in [4.78, 5) is 18.0. The van der Waals surface area contributed by atoms with Crippen LogP contribution in [-0.4, -0.2) is 55.1 Å². The van der Waals surface area contributed by atoms with Crippen LogP contribution < -0.4 is 0 Å². The Kier molecular flexibility index (Phi) is 5.81. The zero-order chi connectivity index (χ0) is 20.2. The minimum atomic E-state index is -2.09. The van der Waals surface area contributed by atoms with Crippen LogP contribution in [0.15, 0.2) is 0 Å². The van der Waals surface area contributed by atoms with Gasteiger partial charge >= 0.3 is 5.97 Å². The molecule has 7 heteroatoms. The molecule has 1 saturated carbocycles. The van der Waals surface area contributed by atoms with Crippen molar-refractivity contribution in [2.45, 2.75) is 107 Å². The van der Waals surface area contributed by atoms with Crippen molar-refractivity contribution in [3.8, 4) is 0 Å². The van der Waals surface area contributed by atoms with Crippen molar-refractivity contribution in [1.29, 1.82) is 0 Å². The quantitative estimate of drug-likeness (QED) is 0.343. The van der Waals surface area contributed by atoms with E-state index in [-0.39, 0.29) is 18.1 Å². The SMILES string of the molecule is CCOC(=O)[C@]1(Cl)[C@@H]2[C@@H](O[Si](C(C)C)(C(C)C)C(C)C)CCN2OC12CC2. The molecule has 0 radical (unpaired) electrons. The first kappa shape index (κ1) is 21.6. The Labute approximate surface area is 170 Å². The number of halogens is 1.